The molecule has 0 saturated heterocycles. The van der Waals surface area contributed by atoms with E-state index in [1.54, 1.807) is 0 Å². The first-order chi connectivity index (χ1) is 4.81. The molecule has 0 aliphatic heterocycles. The minimum atomic E-state index is -1.14. The molecule has 0 amide bonds. The third-order valence-corrected chi connectivity index (χ3v) is 7.87. The summed E-state index contributed by atoms with van der Waals surface area (Å²) in [4.78, 5) is 0. The summed E-state index contributed by atoms with van der Waals surface area (Å²) in [5.74, 6) is 0. The van der Waals surface area contributed by atoms with Crippen LogP contribution in [0.1, 0.15) is 20.8 Å². The lowest BCUT2D eigenvalue weighted by atomic mass is 10.2. The summed E-state index contributed by atoms with van der Waals surface area (Å²) >= 11 is 3.40. The van der Waals surface area contributed by atoms with Crippen LogP contribution in [0.3, 0.4) is 0 Å². The van der Waals surface area contributed by atoms with Gasteiger partial charge in [-0.25, -0.2) is 0 Å². The van der Waals surface area contributed by atoms with Crippen molar-refractivity contribution < 1.29 is 0 Å². The average Bonchev–Trinajstić information content (AvgIpc) is 1.81. The zero-order valence-electron chi connectivity index (χ0n) is 8.24. The molecular formula is C9H19BrSi. The highest BCUT2D eigenvalue weighted by molar-refractivity contribution is 9.09. The van der Waals surface area contributed by atoms with Gasteiger partial charge in [-0.2, -0.15) is 0 Å². The Balaban J connectivity index is 4.34. The van der Waals surface area contributed by atoms with Gasteiger partial charge in [0, 0.05) is 5.33 Å². The normalized spacial score (nSPS) is 14.4. The van der Waals surface area contributed by atoms with Crippen LogP contribution in [0.4, 0.5) is 0 Å². The number of hydrogen-bond acceptors (Lipinski definition) is 0. The minimum absolute atomic E-state index is 0.478. The molecule has 0 aromatic heterocycles. The lowest BCUT2D eigenvalue weighted by Crippen LogP contribution is -2.34. The molecule has 0 aliphatic carbocycles. The average molecular weight is 235 g/mol. The summed E-state index contributed by atoms with van der Waals surface area (Å²) in [7, 11) is -1.14. The molecule has 0 aliphatic rings. The van der Waals surface area contributed by atoms with Gasteiger partial charge >= 0.3 is 0 Å². The first kappa shape index (κ1) is 11.4. The van der Waals surface area contributed by atoms with Gasteiger partial charge in [-0.05, 0) is 5.04 Å². The second-order valence-electron chi connectivity index (χ2n) is 4.53. The highest BCUT2D eigenvalue weighted by Crippen LogP contribution is 2.36. The maximum atomic E-state index is 3.40. The summed E-state index contributed by atoms with van der Waals surface area (Å²) in [6, 6.07) is 0. The van der Waals surface area contributed by atoms with E-state index in [2.05, 4.69) is 61.6 Å². The molecule has 0 heterocycles. The third kappa shape index (κ3) is 3.56. The molecule has 66 valence electrons. The van der Waals surface area contributed by atoms with Crippen LogP contribution in [0, 0.1) is 0 Å². The maximum Gasteiger partial charge on any atom is 0.0766 e. The van der Waals surface area contributed by atoms with Crippen molar-refractivity contribution in [2.24, 2.45) is 0 Å². The Morgan fingerprint density at radius 3 is 2.00 bits per heavy atom. The highest BCUT2D eigenvalue weighted by Gasteiger charge is 2.31. The summed E-state index contributed by atoms with van der Waals surface area (Å²) in [6.45, 7) is 11.8. The van der Waals surface area contributed by atoms with Crippen LogP contribution in [0.25, 0.3) is 0 Å². The SMILES string of the molecule is CC(C)(C)[Si](C)(C)C=CCBr. The van der Waals surface area contributed by atoms with Gasteiger partial charge < -0.3 is 0 Å². The van der Waals surface area contributed by atoms with Crippen molar-refractivity contribution >= 4 is 24.0 Å². The van der Waals surface area contributed by atoms with Crippen molar-refractivity contribution in [1.82, 2.24) is 0 Å². The molecular weight excluding hydrogens is 216 g/mol. The first-order valence-corrected chi connectivity index (χ1v) is 8.25. The van der Waals surface area contributed by atoms with Crippen LogP contribution in [0.2, 0.25) is 18.1 Å². The molecule has 0 rings (SSSR count). The molecule has 0 unspecified atom stereocenters. The van der Waals surface area contributed by atoms with E-state index in [4.69, 9.17) is 0 Å². The summed E-state index contributed by atoms with van der Waals surface area (Å²) in [5.41, 5.74) is 2.42. The molecule has 0 bridgehead atoms. The van der Waals surface area contributed by atoms with E-state index >= 15 is 0 Å². The highest BCUT2D eigenvalue weighted by atomic mass is 79.9. The Morgan fingerprint density at radius 1 is 1.27 bits per heavy atom. The fourth-order valence-corrected chi connectivity index (χ4v) is 2.33. The van der Waals surface area contributed by atoms with Crippen molar-refractivity contribution in [3.8, 4) is 0 Å². The summed E-state index contributed by atoms with van der Waals surface area (Å²) in [5, 5.41) is 1.46. The molecule has 0 fully saturated rings. The Bertz CT molecular complexity index is 142. The van der Waals surface area contributed by atoms with Crippen LogP contribution in [0.15, 0.2) is 11.8 Å². The van der Waals surface area contributed by atoms with Crippen LogP contribution in [-0.4, -0.2) is 13.4 Å². The Labute approximate surface area is 80.2 Å². The molecule has 0 N–H and O–H groups in total. The van der Waals surface area contributed by atoms with Gasteiger partial charge in [0.05, 0.1) is 8.07 Å². The molecule has 0 radical (unpaired) electrons. The fraction of sp³-hybridized carbons (Fsp3) is 0.778. The monoisotopic (exact) mass is 234 g/mol. The van der Waals surface area contributed by atoms with Crippen molar-refractivity contribution in [2.75, 3.05) is 5.33 Å². The lowest BCUT2D eigenvalue weighted by molar-refractivity contribution is 0.728. The number of hydrogen-bond donors (Lipinski definition) is 0. The molecule has 0 saturated carbocycles. The Kier molecular flexibility index (Phi) is 4.06. The summed E-state index contributed by atoms with van der Waals surface area (Å²) < 4.78 is 0. The van der Waals surface area contributed by atoms with Crippen LogP contribution in [-0.2, 0) is 0 Å². The van der Waals surface area contributed by atoms with Gasteiger partial charge in [-0.15, -0.1) is 0 Å². The van der Waals surface area contributed by atoms with Crippen molar-refractivity contribution in [3.05, 3.63) is 11.8 Å². The van der Waals surface area contributed by atoms with E-state index in [1.807, 2.05) is 0 Å². The standard InChI is InChI=1S/C9H19BrSi/c1-9(2,3)11(4,5)8-6-7-10/h6,8H,7H2,1-5H3. The van der Waals surface area contributed by atoms with Crippen molar-refractivity contribution in [1.29, 1.82) is 0 Å². The maximum absolute atomic E-state index is 3.40. The number of halogens is 1. The molecule has 2 heteroatoms. The minimum Gasteiger partial charge on any atom is -0.0973 e. The van der Waals surface area contributed by atoms with E-state index in [-0.39, 0.29) is 0 Å². The van der Waals surface area contributed by atoms with Gasteiger partial charge in [0.2, 0.25) is 0 Å². The smallest absolute Gasteiger partial charge is 0.0766 e. The third-order valence-electron chi connectivity index (χ3n) is 2.56. The molecule has 0 nitrogen and oxygen atoms in total. The van der Waals surface area contributed by atoms with E-state index in [0.717, 1.165) is 5.33 Å². The molecule has 0 aromatic rings. The van der Waals surface area contributed by atoms with E-state index in [9.17, 15) is 0 Å². The molecule has 0 aromatic carbocycles. The predicted octanol–water partition coefficient (Wildman–Crippen LogP) is 3.99. The van der Waals surface area contributed by atoms with E-state index < -0.39 is 8.07 Å². The van der Waals surface area contributed by atoms with Gasteiger partial charge in [-0.1, -0.05) is 61.6 Å². The molecule has 0 spiro atoms. The predicted molar refractivity (Wildman–Crippen MR) is 60.1 cm³/mol. The second kappa shape index (κ2) is 3.90. The Hall–Kier alpha value is 0.437. The van der Waals surface area contributed by atoms with Crippen LogP contribution in [0.5, 0.6) is 0 Å². The van der Waals surface area contributed by atoms with Gasteiger partial charge in [0.1, 0.15) is 0 Å². The van der Waals surface area contributed by atoms with Gasteiger partial charge in [0.25, 0.3) is 0 Å². The molecule has 11 heavy (non-hydrogen) atoms. The van der Waals surface area contributed by atoms with Crippen LogP contribution < -0.4 is 0 Å². The summed E-state index contributed by atoms with van der Waals surface area (Å²) in [6.07, 6.45) is 2.23. The number of alkyl halides is 1. The topological polar surface area (TPSA) is 0 Å². The first-order valence-electron chi connectivity index (χ1n) is 4.05. The van der Waals surface area contributed by atoms with E-state index in [0.29, 0.717) is 5.04 Å². The second-order valence-corrected chi connectivity index (χ2v) is 10.5. The van der Waals surface area contributed by atoms with Crippen molar-refractivity contribution in [2.45, 2.75) is 38.9 Å². The zero-order chi connectivity index (χ0) is 9.12. The van der Waals surface area contributed by atoms with Crippen molar-refractivity contribution in [3.63, 3.8) is 0 Å². The van der Waals surface area contributed by atoms with Gasteiger partial charge in [0.15, 0.2) is 0 Å². The Morgan fingerprint density at radius 2 is 1.73 bits per heavy atom. The number of allylic oxidation sites excluding steroid dienone is 1. The van der Waals surface area contributed by atoms with Crippen LogP contribution >= 0.6 is 15.9 Å². The zero-order valence-corrected chi connectivity index (χ0v) is 10.8. The van der Waals surface area contributed by atoms with E-state index in [1.165, 1.54) is 0 Å². The fourth-order valence-electron chi connectivity index (χ4n) is 0.589. The van der Waals surface area contributed by atoms with Gasteiger partial charge in [-0.3, -0.25) is 0 Å². The number of rotatable bonds is 2. The molecule has 0 atom stereocenters. The quantitative estimate of drug-likeness (QED) is 0.501. The largest absolute Gasteiger partial charge is 0.0973 e. The lowest BCUT2D eigenvalue weighted by Gasteiger charge is -2.34.